The molecule has 0 aromatic heterocycles. The van der Waals surface area contributed by atoms with Gasteiger partial charge in [-0.3, -0.25) is 9.59 Å². The molecule has 6 heteroatoms. The van der Waals surface area contributed by atoms with Gasteiger partial charge in [0.1, 0.15) is 5.82 Å². The van der Waals surface area contributed by atoms with E-state index in [0.29, 0.717) is 29.5 Å². The minimum atomic E-state index is -0.274. The molecule has 0 aliphatic carbocycles. The first kappa shape index (κ1) is 20.0. The third kappa shape index (κ3) is 6.52. The van der Waals surface area contributed by atoms with Gasteiger partial charge >= 0.3 is 0 Å². The first-order valence-electron chi connectivity index (χ1n) is 8.45. The van der Waals surface area contributed by atoms with Crippen molar-refractivity contribution in [1.82, 2.24) is 5.32 Å². The Labute approximate surface area is 157 Å². The molecule has 2 N–H and O–H groups in total. The lowest BCUT2D eigenvalue weighted by molar-refractivity contribution is -0.113. The molecule has 0 radical (unpaired) electrons. The maximum atomic E-state index is 12.9. The number of hydrogen-bond donors (Lipinski definition) is 2. The third-order valence-electron chi connectivity index (χ3n) is 3.53. The van der Waals surface area contributed by atoms with Crippen LogP contribution in [-0.2, 0) is 10.5 Å². The van der Waals surface area contributed by atoms with Crippen molar-refractivity contribution in [1.29, 1.82) is 0 Å². The van der Waals surface area contributed by atoms with Crippen LogP contribution in [0.15, 0.2) is 48.5 Å². The summed E-state index contributed by atoms with van der Waals surface area (Å²) in [5.41, 5.74) is 1.91. The molecule has 0 fully saturated rings. The summed E-state index contributed by atoms with van der Waals surface area (Å²) >= 11 is 1.43. The fourth-order valence-electron chi connectivity index (χ4n) is 2.21. The monoisotopic (exact) mass is 374 g/mol. The molecular weight excluding hydrogens is 351 g/mol. The van der Waals surface area contributed by atoms with E-state index < -0.39 is 0 Å². The number of carbonyl (C=O) groups excluding carboxylic acids is 2. The highest BCUT2D eigenvalue weighted by Gasteiger charge is 2.13. The lowest BCUT2D eigenvalue weighted by Crippen LogP contribution is -2.28. The fraction of sp³-hybridized carbons (Fsp3) is 0.300. The molecule has 2 aromatic rings. The maximum absolute atomic E-state index is 12.9. The van der Waals surface area contributed by atoms with E-state index in [-0.39, 0.29) is 23.4 Å². The lowest BCUT2D eigenvalue weighted by Gasteiger charge is -2.12. The van der Waals surface area contributed by atoms with Crippen molar-refractivity contribution < 1.29 is 14.0 Å². The Bertz CT molecular complexity index is 748. The van der Waals surface area contributed by atoms with Crippen molar-refractivity contribution in [2.75, 3.05) is 17.6 Å². The number of amides is 2. The molecule has 2 amide bonds. The van der Waals surface area contributed by atoms with Gasteiger partial charge in [-0.2, -0.15) is 0 Å². The van der Waals surface area contributed by atoms with Crippen molar-refractivity contribution in [2.45, 2.75) is 19.6 Å². The van der Waals surface area contributed by atoms with Crippen LogP contribution in [0.1, 0.15) is 29.8 Å². The molecule has 0 aliphatic heterocycles. The van der Waals surface area contributed by atoms with E-state index >= 15 is 0 Å². The summed E-state index contributed by atoms with van der Waals surface area (Å²) in [5.74, 6) is 0.561. The summed E-state index contributed by atoms with van der Waals surface area (Å²) in [5, 5.41) is 5.65. The Kier molecular flexibility index (Phi) is 7.66. The van der Waals surface area contributed by atoms with Crippen molar-refractivity contribution in [2.24, 2.45) is 5.92 Å². The number of para-hydroxylation sites is 1. The molecule has 0 unspecified atom stereocenters. The number of hydrogen-bond acceptors (Lipinski definition) is 3. The summed E-state index contributed by atoms with van der Waals surface area (Å²) in [6.07, 6.45) is 0. The number of rotatable bonds is 8. The van der Waals surface area contributed by atoms with Crippen molar-refractivity contribution in [3.63, 3.8) is 0 Å². The second kappa shape index (κ2) is 9.97. The quantitative estimate of drug-likeness (QED) is 0.732. The molecule has 138 valence electrons. The minimum Gasteiger partial charge on any atom is -0.352 e. The molecule has 4 nitrogen and oxygen atoms in total. The van der Waals surface area contributed by atoms with Gasteiger partial charge in [0.05, 0.1) is 17.0 Å². The first-order chi connectivity index (χ1) is 12.5. The molecule has 2 aromatic carbocycles. The van der Waals surface area contributed by atoms with E-state index in [9.17, 15) is 14.0 Å². The van der Waals surface area contributed by atoms with Crippen molar-refractivity contribution in [3.8, 4) is 0 Å². The van der Waals surface area contributed by atoms with Crippen LogP contribution in [0.5, 0.6) is 0 Å². The smallest absolute Gasteiger partial charge is 0.253 e. The van der Waals surface area contributed by atoms with Crippen LogP contribution in [0.4, 0.5) is 10.1 Å². The third-order valence-corrected chi connectivity index (χ3v) is 4.54. The number of thioether (sulfide) groups is 1. The van der Waals surface area contributed by atoms with Gasteiger partial charge in [0, 0.05) is 12.3 Å². The van der Waals surface area contributed by atoms with Gasteiger partial charge in [0.2, 0.25) is 5.91 Å². The maximum Gasteiger partial charge on any atom is 0.253 e. The van der Waals surface area contributed by atoms with Crippen LogP contribution in [0.3, 0.4) is 0 Å². The second-order valence-electron chi connectivity index (χ2n) is 6.32. The van der Waals surface area contributed by atoms with Crippen LogP contribution in [0, 0.1) is 11.7 Å². The Morgan fingerprint density at radius 3 is 2.46 bits per heavy atom. The number of halogens is 1. The number of anilines is 1. The van der Waals surface area contributed by atoms with Crippen LogP contribution in [0.25, 0.3) is 0 Å². The highest BCUT2D eigenvalue weighted by molar-refractivity contribution is 7.99. The summed E-state index contributed by atoms with van der Waals surface area (Å²) in [7, 11) is 0. The molecule has 0 bridgehead atoms. The standard InChI is InChI=1S/C20H23FN2O2S/c1-14(2)11-22-20(25)17-5-3-4-6-18(17)23-19(24)13-26-12-15-7-9-16(21)10-8-15/h3-10,14H,11-13H2,1-2H3,(H,22,25)(H,23,24). The first-order valence-corrected chi connectivity index (χ1v) is 9.60. The van der Waals surface area contributed by atoms with E-state index in [2.05, 4.69) is 10.6 Å². The van der Waals surface area contributed by atoms with Gasteiger partial charge in [0.15, 0.2) is 0 Å². The molecule has 0 aliphatic rings. The minimum absolute atomic E-state index is 0.179. The molecule has 0 saturated carbocycles. The van der Waals surface area contributed by atoms with Crippen LogP contribution in [-0.4, -0.2) is 24.1 Å². The Morgan fingerprint density at radius 1 is 1.08 bits per heavy atom. The zero-order chi connectivity index (χ0) is 18.9. The lowest BCUT2D eigenvalue weighted by atomic mass is 10.1. The normalized spacial score (nSPS) is 10.6. The molecular formula is C20H23FN2O2S. The van der Waals surface area contributed by atoms with Crippen LogP contribution >= 0.6 is 11.8 Å². The summed E-state index contributed by atoms with van der Waals surface area (Å²) < 4.78 is 12.9. The molecule has 0 heterocycles. The van der Waals surface area contributed by atoms with E-state index in [1.807, 2.05) is 13.8 Å². The van der Waals surface area contributed by atoms with E-state index in [4.69, 9.17) is 0 Å². The highest BCUT2D eigenvalue weighted by atomic mass is 32.2. The van der Waals surface area contributed by atoms with Crippen molar-refractivity contribution >= 4 is 29.3 Å². The zero-order valence-corrected chi connectivity index (χ0v) is 15.7. The highest BCUT2D eigenvalue weighted by Crippen LogP contribution is 2.17. The molecule has 0 spiro atoms. The van der Waals surface area contributed by atoms with Gasteiger partial charge in [-0.25, -0.2) is 4.39 Å². The topological polar surface area (TPSA) is 58.2 Å². The van der Waals surface area contributed by atoms with Crippen molar-refractivity contribution in [3.05, 3.63) is 65.5 Å². The Morgan fingerprint density at radius 2 is 1.77 bits per heavy atom. The average Bonchev–Trinajstić information content (AvgIpc) is 2.62. The summed E-state index contributed by atoms with van der Waals surface area (Å²) in [6, 6.07) is 13.2. The molecule has 0 atom stereocenters. The second-order valence-corrected chi connectivity index (χ2v) is 7.30. The predicted octanol–water partition coefficient (Wildman–Crippen LogP) is 4.08. The summed E-state index contributed by atoms with van der Waals surface area (Å²) in [6.45, 7) is 4.62. The Hall–Kier alpha value is -2.34. The molecule has 0 saturated heterocycles. The Balaban J connectivity index is 1.88. The summed E-state index contributed by atoms with van der Waals surface area (Å²) in [4.78, 5) is 24.5. The van der Waals surface area contributed by atoms with Crippen LogP contribution < -0.4 is 10.6 Å². The fourth-order valence-corrected chi connectivity index (χ4v) is 3.00. The molecule has 26 heavy (non-hydrogen) atoms. The van der Waals surface area contributed by atoms with E-state index in [0.717, 1.165) is 5.56 Å². The zero-order valence-electron chi connectivity index (χ0n) is 14.9. The SMILES string of the molecule is CC(C)CNC(=O)c1ccccc1NC(=O)CSCc1ccc(F)cc1. The number of benzene rings is 2. The predicted molar refractivity (Wildman–Crippen MR) is 105 cm³/mol. The van der Waals surface area contributed by atoms with Crippen LogP contribution in [0.2, 0.25) is 0 Å². The van der Waals surface area contributed by atoms with Gasteiger partial charge in [0.25, 0.3) is 5.91 Å². The largest absolute Gasteiger partial charge is 0.352 e. The van der Waals surface area contributed by atoms with Gasteiger partial charge in [-0.1, -0.05) is 38.1 Å². The van der Waals surface area contributed by atoms with Gasteiger partial charge in [-0.15, -0.1) is 11.8 Å². The average molecular weight is 374 g/mol. The van der Waals surface area contributed by atoms with Gasteiger partial charge in [-0.05, 0) is 35.7 Å². The van der Waals surface area contributed by atoms with E-state index in [1.165, 1.54) is 23.9 Å². The molecule has 2 rings (SSSR count). The van der Waals surface area contributed by atoms with E-state index in [1.54, 1.807) is 36.4 Å². The van der Waals surface area contributed by atoms with Gasteiger partial charge < -0.3 is 10.6 Å². The number of nitrogens with one attached hydrogen (secondary N) is 2. The number of carbonyl (C=O) groups is 2.